The molecule has 2 heteroatoms. The summed E-state index contributed by atoms with van der Waals surface area (Å²) < 4.78 is 0. The van der Waals surface area contributed by atoms with Gasteiger partial charge < -0.3 is 10.8 Å². The van der Waals surface area contributed by atoms with Gasteiger partial charge in [0.25, 0.3) is 0 Å². The first kappa shape index (κ1) is 19.5. The van der Waals surface area contributed by atoms with E-state index in [1.807, 2.05) is 13.8 Å². The third-order valence-corrected chi connectivity index (χ3v) is 1.33. The minimum Gasteiger partial charge on any atom is -0.323 e. The first-order valence-corrected chi connectivity index (χ1v) is 5.08. The maximum absolute atomic E-state index is 2.36. The molecule has 0 atom stereocenters. The fraction of sp³-hybridized carbons (Fsp3) is 0.909. The average molecular weight is 195 g/mol. The average Bonchev–Trinajstić information content (AvgIpc) is 2.43. The SMILES string of the molecule is CC.CN1CCCC1.C[C-](C)C.[Na+]. The molecular formula is C11H26NNa. The van der Waals surface area contributed by atoms with E-state index in [9.17, 15) is 0 Å². The molecule has 1 nitrogen and oxygen atoms in total. The van der Waals surface area contributed by atoms with Gasteiger partial charge in [0.15, 0.2) is 0 Å². The number of nitrogens with zero attached hydrogens (tertiary/aromatic N) is 1. The fourth-order valence-electron chi connectivity index (χ4n) is 0.875. The van der Waals surface area contributed by atoms with Gasteiger partial charge in [-0.3, -0.25) is 0 Å². The van der Waals surface area contributed by atoms with E-state index in [1.165, 1.54) is 31.8 Å². The molecule has 0 bridgehead atoms. The Hall–Kier alpha value is 0.960. The fourth-order valence-corrected chi connectivity index (χ4v) is 0.875. The van der Waals surface area contributed by atoms with Crippen LogP contribution in [0.25, 0.3) is 0 Å². The molecule has 1 saturated heterocycles. The van der Waals surface area contributed by atoms with Crippen molar-refractivity contribution < 1.29 is 29.6 Å². The molecule has 1 heterocycles. The Kier molecular flexibility index (Phi) is 23.2. The number of hydrogen-bond acceptors (Lipinski definition) is 1. The van der Waals surface area contributed by atoms with Crippen molar-refractivity contribution in [1.82, 2.24) is 4.90 Å². The quantitative estimate of drug-likeness (QED) is 0.398. The van der Waals surface area contributed by atoms with Crippen LogP contribution in [-0.2, 0) is 0 Å². The van der Waals surface area contributed by atoms with E-state index in [2.05, 4.69) is 32.7 Å². The zero-order chi connectivity index (χ0) is 9.98. The van der Waals surface area contributed by atoms with Gasteiger partial charge in [0.05, 0.1) is 0 Å². The molecule has 0 amide bonds. The molecule has 1 aliphatic rings. The van der Waals surface area contributed by atoms with Crippen molar-refractivity contribution in [2.45, 2.75) is 47.5 Å². The number of likely N-dealkylation sites (tertiary alicyclic amines) is 1. The van der Waals surface area contributed by atoms with Gasteiger partial charge in [-0.15, -0.1) is 0 Å². The van der Waals surface area contributed by atoms with Crippen molar-refractivity contribution in [3.63, 3.8) is 0 Å². The molecule has 0 aromatic rings. The predicted molar refractivity (Wildman–Crippen MR) is 58.3 cm³/mol. The molecule has 13 heavy (non-hydrogen) atoms. The molecule has 0 aliphatic carbocycles. The smallest absolute Gasteiger partial charge is 0.323 e. The second-order valence-corrected chi connectivity index (χ2v) is 3.51. The van der Waals surface area contributed by atoms with Crippen molar-refractivity contribution in [2.24, 2.45) is 0 Å². The van der Waals surface area contributed by atoms with Gasteiger partial charge in [-0.1, -0.05) is 13.8 Å². The number of rotatable bonds is 0. The van der Waals surface area contributed by atoms with E-state index >= 15 is 0 Å². The summed E-state index contributed by atoms with van der Waals surface area (Å²) >= 11 is 0. The Morgan fingerprint density at radius 3 is 1.23 bits per heavy atom. The summed E-state index contributed by atoms with van der Waals surface area (Å²) in [6, 6.07) is 0. The molecule has 1 rings (SSSR count). The van der Waals surface area contributed by atoms with Crippen molar-refractivity contribution >= 4 is 0 Å². The monoisotopic (exact) mass is 195 g/mol. The van der Waals surface area contributed by atoms with Crippen LogP contribution in [0.4, 0.5) is 0 Å². The Morgan fingerprint density at radius 2 is 1.15 bits per heavy atom. The molecule has 1 aliphatic heterocycles. The van der Waals surface area contributed by atoms with Crippen LogP contribution in [0.2, 0.25) is 0 Å². The van der Waals surface area contributed by atoms with Gasteiger partial charge in [-0.05, 0) is 33.0 Å². The molecule has 0 spiro atoms. The summed E-state index contributed by atoms with van der Waals surface area (Å²) in [5.41, 5.74) is 0. The maximum Gasteiger partial charge on any atom is 1.00 e. The van der Waals surface area contributed by atoms with Crippen molar-refractivity contribution in [1.29, 1.82) is 0 Å². The van der Waals surface area contributed by atoms with Crippen LogP contribution in [0.3, 0.4) is 0 Å². The van der Waals surface area contributed by atoms with Crippen molar-refractivity contribution in [2.75, 3.05) is 20.1 Å². The summed E-state index contributed by atoms with van der Waals surface area (Å²) in [4.78, 5) is 2.36. The Bertz CT molecular complexity index is 65.7. The van der Waals surface area contributed by atoms with E-state index in [0.717, 1.165) is 0 Å². The first-order chi connectivity index (χ1) is 5.63. The van der Waals surface area contributed by atoms with E-state index in [1.54, 1.807) is 0 Å². The Balaban J connectivity index is -0.000000128. The second kappa shape index (κ2) is 15.4. The molecule has 76 valence electrons. The molecule has 0 radical (unpaired) electrons. The van der Waals surface area contributed by atoms with Crippen LogP contribution in [0.5, 0.6) is 0 Å². The summed E-state index contributed by atoms with van der Waals surface area (Å²) in [6.45, 7) is 12.9. The molecule has 0 aromatic heterocycles. The van der Waals surface area contributed by atoms with Gasteiger partial charge in [-0.2, -0.15) is 20.8 Å². The first-order valence-electron chi connectivity index (χ1n) is 5.08. The van der Waals surface area contributed by atoms with Crippen LogP contribution in [0.15, 0.2) is 0 Å². The molecule has 0 N–H and O–H groups in total. The minimum absolute atomic E-state index is 0. The van der Waals surface area contributed by atoms with Crippen LogP contribution >= 0.6 is 0 Å². The third-order valence-electron chi connectivity index (χ3n) is 1.33. The zero-order valence-corrected chi connectivity index (χ0v) is 12.8. The van der Waals surface area contributed by atoms with Crippen LogP contribution in [-0.4, -0.2) is 25.0 Å². The van der Waals surface area contributed by atoms with E-state index < -0.39 is 0 Å². The number of hydrogen-bond donors (Lipinski definition) is 0. The van der Waals surface area contributed by atoms with Gasteiger partial charge in [0, 0.05) is 0 Å². The molecule has 0 aromatic carbocycles. The molecule has 1 fully saturated rings. The molecular weight excluding hydrogens is 169 g/mol. The van der Waals surface area contributed by atoms with E-state index in [-0.39, 0.29) is 29.6 Å². The normalized spacial score (nSPS) is 15.0. The van der Waals surface area contributed by atoms with Crippen molar-refractivity contribution in [3.05, 3.63) is 5.92 Å². The summed E-state index contributed by atoms with van der Waals surface area (Å²) in [7, 11) is 2.17. The van der Waals surface area contributed by atoms with E-state index in [0.29, 0.717) is 0 Å². The van der Waals surface area contributed by atoms with Gasteiger partial charge in [0.2, 0.25) is 0 Å². The van der Waals surface area contributed by atoms with Crippen molar-refractivity contribution in [3.8, 4) is 0 Å². The van der Waals surface area contributed by atoms with Crippen LogP contribution in [0, 0.1) is 5.92 Å². The Morgan fingerprint density at radius 1 is 0.923 bits per heavy atom. The molecule has 0 unspecified atom stereocenters. The van der Waals surface area contributed by atoms with Gasteiger partial charge in [0.1, 0.15) is 0 Å². The van der Waals surface area contributed by atoms with E-state index in [4.69, 9.17) is 0 Å². The van der Waals surface area contributed by atoms with Crippen LogP contribution < -0.4 is 29.6 Å². The predicted octanol–water partition coefficient (Wildman–Crippen LogP) is 0.363. The topological polar surface area (TPSA) is 3.24 Å². The summed E-state index contributed by atoms with van der Waals surface area (Å²) in [5.74, 6) is 1.42. The molecule has 0 saturated carbocycles. The summed E-state index contributed by atoms with van der Waals surface area (Å²) in [5, 5.41) is 0. The standard InChI is InChI=1S/C5H11N.C4H9.C2H6.Na/c1-6-4-2-3-5-6;1-4(2)3;1-2;/h2-5H2,1H3;1-3H3;1-2H3;/q;-1;;+1. The third kappa shape index (κ3) is 24.6. The maximum atomic E-state index is 2.36. The summed E-state index contributed by atoms with van der Waals surface area (Å²) in [6.07, 6.45) is 2.83. The largest absolute Gasteiger partial charge is 1.00 e. The minimum atomic E-state index is 0. The second-order valence-electron chi connectivity index (χ2n) is 3.51. The van der Waals surface area contributed by atoms with Gasteiger partial charge >= 0.3 is 29.6 Å². The zero-order valence-electron chi connectivity index (χ0n) is 10.8. The van der Waals surface area contributed by atoms with Gasteiger partial charge in [-0.25, -0.2) is 0 Å². The van der Waals surface area contributed by atoms with Crippen LogP contribution in [0.1, 0.15) is 47.5 Å². The Labute approximate surface area is 108 Å².